The highest BCUT2D eigenvalue weighted by atomic mass is 31.1. The molecule has 2 unspecified atom stereocenters. The third kappa shape index (κ3) is 5.42. The van der Waals surface area contributed by atoms with E-state index in [2.05, 4.69) is 89.2 Å². The molecule has 170 valence electrons. The molecule has 0 heterocycles. The molecule has 0 saturated carbocycles. The van der Waals surface area contributed by atoms with Crippen molar-refractivity contribution in [3.8, 4) is 5.75 Å². The van der Waals surface area contributed by atoms with Gasteiger partial charge in [-0.3, -0.25) is 0 Å². The normalized spacial score (nSPS) is 13.0. The van der Waals surface area contributed by atoms with Crippen molar-refractivity contribution < 1.29 is 9.84 Å². The largest absolute Gasteiger partial charge is 0.488 e. The van der Waals surface area contributed by atoms with Gasteiger partial charge in [-0.15, -0.1) is 0 Å². The summed E-state index contributed by atoms with van der Waals surface area (Å²) in [4.78, 5) is 0. The minimum Gasteiger partial charge on any atom is -0.488 e. The van der Waals surface area contributed by atoms with E-state index in [1.165, 1.54) is 33.1 Å². The monoisotopic (exact) mass is 448 g/mol. The van der Waals surface area contributed by atoms with Gasteiger partial charge >= 0.3 is 0 Å². The summed E-state index contributed by atoms with van der Waals surface area (Å²) in [5, 5.41) is 11.7. The van der Waals surface area contributed by atoms with Gasteiger partial charge in [0.15, 0.2) is 0 Å². The second-order valence-corrected chi connectivity index (χ2v) is 10.7. The van der Waals surface area contributed by atoms with Crippen molar-refractivity contribution in [1.29, 1.82) is 0 Å². The van der Waals surface area contributed by atoms with E-state index < -0.39 is 6.10 Å². The number of ether oxygens (including phenoxy) is 1. The molecular weight excluding hydrogens is 411 g/mol. The van der Waals surface area contributed by atoms with Gasteiger partial charge in [-0.25, -0.2) is 0 Å². The van der Waals surface area contributed by atoms with Crippen LogP contribution in [0.5, 0.6) is 5.75 Å². The van der Waals surface area contributed by atoms with E-state index in [1.807, 2.05) is 13.0 Å². The smallest absolute Gasteiger partial charge is 0.126 e. The van der Waals surface area contributed by atoms with Gasteiger partial charge in [0.25, 0.3) is 0 Å². The second-order valence-electron chi connectivity index (χ2n) is 8.91. The Balaban J connectivity index is 2.07. The summed E-state index contributed by atoms with van der Waals surface area (Å²) in [5.74, 6) is 1.02. The average Bonchev–Trinajstić information content (AvgIpc) is 2.78. The Morgan fingerprint density at radius 2 is 1.59 bits per heavy atom. The van der Waals surface area contributed by atoms with Gasteiger partial charge in [0, 0.05) is 10.7 Å². The Kier molecular flexibility index (Phi) is 8.15. The number of hydrogen-bond donors (Lipinski definition) is 1. The summed E-state index contributed by atoms with van der Waals surface area (Å²) < 4.78 is 6.51. The van der Waals surface area contributed by atoms with Gasteiger partial charge in [-0.05, 0) is 62.5 Å². The van der Waals surface area contributed by atoms with E-state index >= 15 is 0 Å². The van der Waals surface area contributed by atoms with Gasteiger partial charge in [0.2, 0.25) is 0 Å². The summed E-state index contributed by atoms with van der Waals surface area (Å²) in [5.41, 5.74) is 7.16. The maximum Gasteiger partial charge on any atom is 0.126 e. The molecule has 3 aromatic carbocycles. The van der Waals surface area contributed by atoms with Crippen LogP contribution in [-0.4, -0.2) is 5.11 Å². The first-order chi connectivity index (χ1) is 15.3. The Labute approximate surface area is 195 Å². The lowest BCUT2D eigenvalue weighted by Crippen LogP contribution is -2.25. The Morgan fingerprint density at radius 3 is 2.22 bits per heavy atom. The SMILES string of the molecule is CCC(CC)(Pc1ccc(C)cc1C(C)O)c1cc(C)cc(C)c1OCc1ccccc1. The van der Waals surface area contributed by atoms with Crippen molar-refractivity contribution in [2.45, 2.75) is 72.3 Å². The Bertz CT molecular complexity index is 1040. The maximum absolute atomic E-state index is 10.5. The molecule has 1 N–H and O–H groups in total. The van der Waals surface area contributed by atoms with Crippen LogP contribution in [-0.2, 0) is 11.8 Å². The fourth-order valence-electron chi connectivity index (χ4n) is 4.51. The predicted octanol–water partition coefficient (Wildman–Crippen LogP) is 7.26. The first-order valence-electron chi connectivity index (χ1n) is 11.6. The molecule has 0 radical (unpaired) electrons. The van der Waals surface area contributed by atoms with Crippen LogP contribution in [0.25, 0.3) is 0 Å². The molecule has 32 heavy (non-hydrogen) atoms. The molecule has 0 aliphatic heterocycles. The molecule has 0 amide bonds. The third-order valence-electron chi connectivity index (χ3n) is 6.40. The molecule has 2 nitrogen and oxygen atoms in total. The van der Waals surface area contributed by atoms with Crippen LogP contribution in [0.1, 0.15) is 73.1 Å². The number of aliphatic hydroxyl groups excluding tert-OH is 1. The number of benzene rings is 3. The maximum atomic E-state index is 10.5. The first kappa shape index (κ1) is 24.5. The quantitative estimate of drug-likeness (QED) is 0.349. The highest BCUT2D eigenvalue weighted by Crippen LogP contribution is 2.51. The van der Waals surface area contributed by atoms with Gasteiger partial charge < -0.3 is 9.84 Å². The molecule has 0 fully saturated rings. The minimum atomic E-state index is -0.475. The van der Waals surface area contributed by atoms with Gasteiger partial charge in [0.1, 0.15) is 12.4 Å². The van der Waals surface area contributed by atoms with Crippen LogP contribution < -0.4 is 10.0 Å². The van der Waals surface area contributed by atoms with E-state index in [4.69, 9.17) is 4.74 Å². The van der Waals surface area contributed by atoms with Crippen LogP contribution in [0.2, 0.25) is 0 Å². The number of aliphatic hydroxyl groups is 1. The lowest BCUT2D eigenvalue weighted by Gasteiger charge is -2.36. The molecule has 0 aliphatic rings. The Hall–Kier alpha value is -2.15. The molecule has 0 aliphatic carbocycles. The molecular formula is C29H37O2P. The molecule has 0 bridgehead atoms. The lowest BCUT2D eigenvalue weighted by molar-refractivity contribution is 0.200. The fourth-order valence-corrected chi connectivity index (χ4v) is 6.29. The standard InChI is InChI=1S/C29H37O2P/c1-7-29(8-2,32-27-15-14-20(3)17-25(27)23(6)30)26-18-21(4)16-22(5)28(26)31-19-24-12-10-9-11-13-24/h9-18,23,30,32H,7-8,19H2,1-6H3. The van der Waals surface area contributed by atoms with E-state index in [-0.39, 0.29) is 5.16 Å². The van der Waals surface area contributed by atoms with Crippen molar-refractivity contribution in [3.05, 3.63) is 94.0 Å². The Morgan fingerprint density at radius 1 is 0.906 bits per heavy atom. The number of aryl methyl sites for hydroxylation is 3. The van der Waals surface area contributed by atoms with Crippen molar-refractivity contribution in [2.24, 2.45) is 0 Å². The minimum absolute atomic E-state index is 0.0400. The van der Waals surface area contributed by atoms with Gasteiger partial charge in [-0.2, -0.15) is 0 Å². The topological polar surface area (TPSA) is 29.5 Å². The summed E-state index contributed by atoms with van der Waals surface area (Å²) in [7, 11) is 0.551. The van der Waals surface area contributed by atoms with Crippen LogP contribution in [0.15, 0.2) is 60.7 Å². The molecule has 0 spiro atoms. The van der Waals surface area contributed by atoms with Crippen molar-refractivity contribution in [3.63, 3.8) is 0 Å². The molecule has 2 atom stereocenters. The second kappa shape index (κ2) is 10.6. The van der Waals surface area contributed by atoms with Crippen molar-refractivity contribution in [1.82, 2.24) is 0 Å². The third-order valence-corrected chi connectivity index (χ3v) is 8.58. The fraction of sp³-hybridized carbons (Fsp3) is 0.379. The molecule has 0 aromatic heterocycles. The van der Waals surface area contributed by atoms with Crippen molar-refractivity contribution >= 4 is 13.9 Å². The van der Waals surface area contributed by atoms with Gasteiger partial charge in [-0.1, -0.05) is 94.2 Å². The lowest BCUT2D eigenvalue weighted by atomic mass is 9.89. The molecule has 3 heteroatoms. The number of hydrogen-bond acceptors (Lipinski definition) is 2. The first-order valence-corrected chi connectivity index (χ1v) is 12.6. The van der Waals surface area contributed by atoms with Gasteiger partial charge in [0.05, 0.1) is 6.10 Å². The van der Waals surface area contributed by atoms with Crippen LogP contribution in [0.4, 0.5) is 0 Å². The summed E-state index contributed by atoms with van der Waals surface area (Å²) in [6.07, 6.45) is 1.55. The van der Waals surface area contributed by atoms with E-state index in [9.17, 15) is 5.11 Å². The molecule has 3 aromatic rings. The summed E-state index contributed by atoms with van der Waals surface area (Å²) >= 11 is 0. The molecule has 0 saturated heterocycles. The highest BCUT2D eigenvalue weighted by molar-refractivity contribution is 7.48. The van der Waals surface area contributed by atoms with E-state index in [0.717, 1.165) is 24.2 Å². The van der Waals surface area contributed by atoms with Crippen molar-refractivity contribution in [2.75, 3.05) is 0 Å². The van der Waals surface area contributed by atoms with Crippen LogP contribution >= 0.6 is 8.58 Å². The summed E-state index contributed by atoms with van der Waals surface area (Å²) in [6.45, 7) is 13.4. The summed E-state index contributed by atoms with van der Waals surface area (Å²) in [6, 6.07) is 21.4. The highest BCUT2D eigenvalue weighted by Gasteiger charge is 2.34. The van der Waals surface area contributed by atoms with E-state index in [0.29, 0.717) is 15.2 Å². The zero-order valence-electron chi connectivity index (χ0n) is 20.3. The predicted molar refractivity (Wildman–Crippen MR) is 139 cm³/mol. The number of rotatable bonds is 9. The zero-order chi connectivity index (χ0) is 23.3. The van der Waals surface area contributed by atoms with E-state index in [1.54, 1.807) is 0 Å². The van der Waals surface area contributed by atoms with Crippen LogP contribution in [0, 0.1) is 20.8 Å². The average molecular weight is 449 g/mol. The molecule has 3 rings (SSSR count). The van der Waals surface area contributed by atoms with Crippen LogP contribution in [0.3, 0.4) is 0 Å². The zero-order valence-corrected chi connectivity index (χ0v) is 21.3.